The van der Waals surface area contributed by atoms with E-state index in [1.807, 2.05) is 0 Å². The second-order valence-corrected chi connectivity index (χ2v) is 19.7. The Hall–Kier alpha value is -4.70. The van der Waals surface area contributed by atoms with E-state index in [2.05, 4.69) is 59.8 Å². The Morgan fingerprint density at radius 3 is 2.37 bits per heavy atom. The molecule has 59 heavy (non-hydrogen) atoms. The van der Waals surface area contributed by atoms with Gasteiger partial charge in [0.15, 0.2) is 0 Å². The summed E-state index contributed by atoms with van der Waals surface area (Å²) >= 11 is 0. The highest BCUT2D eigenvalue weighted by Gasteiger charge is 2.65. The van der Waals surface area contributed by atoms with Crippen LogP contribution in [0.5, 0.6) is 11.5 Å². The zero-order valence-corrected chi connectivity index (χ0v) is 35.4. The minimum absolute atomic E-state index is 0.00292. The predicted molar refractivity (Wildman–Crippen MR) is 220 cm³/mol. The van der Waals surface area contributed by atoms with Crippen LogP contribution in [0.25, 0.3) is 0 Å². The van der Waals surface area contributed by atoms with Gasteiger partial charge in [-0.15, -0.1) is 0 Å². The van der Waals surface area contributed by atoms with Gasteiger partial charge in [0.05, 0.1) is 17.6 Å². The molecule has 0 radical (unpaired) electrons. The Balaban J connectivity index is 1.21. The summed E-state index contributed by atoms with van der Waals surface area (Å²) in [6, 6.07) is 2.23. The van der Waals surface area contributed by atoms with Crippen molar-refractivity contribution < 1.29 is 49.1 Å². The number of carboxylic acid groups (broad SMARTS) is 1. The molecule has 1 aliphatic heterocycles. The highest BCUT2D eigenvalue weighted by atomic mass is 16.6. The number of phenols is 2. The topological polar surface area (TPSA) is 168 Å². The molecule has 6 aliphatic carbocycles. The maximum atomic E-state index is 14.1. The molecule has 0 bridgehead atoms. The minimum Gasteiger partial charge on any atom is -0.508 e. The Kier molecular flexibility index (Phi) is 9.89. The molecule has 314 valence electrons. The van der Waals surface area contributed by atoms with Crippen molar-refractivity contribution in [1.82, 2.24) is 0 Å². The van der Waals surface area contributed by atoms with Crippen molar-refractivity contribution in [2.75, 3.05) is 0 Å². The van der Waals surface area contributed by atoms with Crippen LogP contribution in [0.3, 0.4) is 0 Å². The first-order valence-electron chi connectivity index (χ1n) is 21.4. The number of phenolic OH excluding ortho intramolecular Hbond substituents is 2. The number of Topliss-reactive ketones (excluding diaryl/α,β-unsaturated/α-hetero) is 1. The van der Waals surface area contributed by atoms with Gasteiger partial charge in [0.25, 0.3) is 0 Å². The summed E-state index contributed by atoms with van der Waals surface area (Å²) < 4.78 is 12.0. The smallest absolute Gasteiger partial charge is 0.343 e. The lowest BCUT2D eigenvalue weighted by atomic mass is 9.46. The van der Waals surface area contributed by atoms with Crippen LogP contribution in [0.4, 0.5) is 0 Å². The fraction of sp³-hybridized carbons (Fsp3) is 0.551. The number of aliphatic hydroxyl groups is 1. The zero-order chi connectivity index (χ0) is 42.7. The molecule has 0 saturated heterocycles. The predicted octanol–water partition coefficient (Wildman–Crippen LogP) is 8.47. The van der Waals surface area contributed by atoms with E-state index >= 15 is 0 Å². The molecule has 10 nitrogen and oxygen atoms in total. The molecule has 1 aromatic carbocycles. The molecular weight excluding hydrogens is 749 g/mol. The largest absolute Gasteiger partial charge is 0.508 e. The number of ketones is 2. The van der Waals surface area contributed by atoms with Crippen LogP contribution in [0, 0.1) is 71.0 Å². The van der Waals surface area contributed by atoms with Gasteiger partial charge in [-0.1, -0.05) is 76.5 Å². The Morgan fingerprint density at radius 1 is 0.983 bits per heavy atom. The Labute approximate surface area is 346 Å². The number of allylic oxidation sites excluding steroid dienone is 8. The van der Waals surface area contributed by atoms with Crippen molar-refractivity contribution in [3.05, 3.63) is 93.5 Å². The van der Waals surface area contributed by atoms with Crippen LogP contribution in [0.1, 0.15) is 103 Å². The SMILES string of the molecule is Cc1cc(O)cc(O)c1C(=O)O[C@]1(C)C(=O)C=C2C=C([C@H]3C(C(=O)O)[C@H]4CC([C@H](C)/C=C/[C@H](C)C(C)C)[C@@]5(C)CCC6C(=C45)[C@H]3C=C3C[C@@H](O)CC[C@@]36C)OC=C2C1=O. The van der Waals surface area contributed by atoms with Crippen molar-refractivity contribution in [2.24, 2.45) is 64.1 Å². The van der Waals surface area contributed by atoms with E-state index in [1.54, 1.807) is 6.08 Å². The van der Waals surface area contributed by atoms with Gasteiger partial charge in [-0.3, -0.25) is 14.4 Å². The van der Waals surface area contributed by atoms with Crippen LogP contribution in [-0.2, 0) is 23.9 Å². The van der Waals surface area contributed by atoms with Crippen molar-refractivity contribution >= 4 is 23.5 Å². The molecule has 7 aliphatic rings. The quantitative estimate of drug-likeness (QED) is 0.114. The number of carboxylic acids is 1. The van der Waals surface area contributed by atoms with Crippen LogP contribution in [0.15, 0.2) is 82.4 Å². The molecule has 8 rings (SSSR count). The van der Waals surface area contributed by atoms with Gasteiger partial charge in [0.2, 0.25) is 17.2 Å². The molecular formula is C49H58O10. The van der Waals surface area contributed by atoms with E-state index in [4.69, 9.17) is 9.47 Å². The highest BCUT2D eigenvalue weighted by molar-refractivity contribution is 6.26. The lowest BCUT2D eigenvalue weighted by Gasteiger charge is -2.58. The number of fused-ring (bicyclic) bond motifs is 3. The van der Waals surface area contributed by atoms with Gasteiger partial charge in [-0.05, 0) is 128 Å². The average molecular weight is 807 g/mol. The van der Waals surface area contributed by atoms with Crippen LogP contribution in [-0.4, -0.2) is 55.6 Å². The van der Waals surface area contributed by atoms with Crippen LogP contribution >= 0.6 is 0 Å². The van der Waals surface area contributed by atoms with E-state index in [-0.39, 0.29) is 68.4 Å². The monoisotopic (exact) mass is 806 g/mol. The van der Waals surface area contributed by atoms with Gasteiger partial charge in [0.1, 0.15) is 29.1 Å². The van der Waals surface area contributed by atoms with Crippen LogP contribution < -0.4 is 0 Å². The number of carbonyl (C=O) groups excluding carboxylic acids is 3. The maximum absolute atomic E-state index is 14.1. The van der Waals surface area contributed by atoms with Gasteiger partial charge in [0, 0.05) is 17.9 Å². The van der Waals surface area contributed by atoms with Crippen molar-refractivity contribution in [3.63, 3.8) is 0 Å². The summed E-state index contributed by atoms with van der Waals surface area (Å²) in [7, 11) is 0. The van der Waals surface area contributed by atoms with E-state index in [1.165, 1.54) is 49.0 Å². The number of aromatic hydroxyl groups is 2. The first-order valence-corrected chi connectivity index (χ1v) is 21.4. The number of hydrogen-bond donors (Lipinski definition) is 4. The molecule has 0 spiro atoms. The number of rotatable bonds is 8. The first-order chi connectivity index (χ1) is 27.7. The molecule has 1 heterocycles. The number of aliphatic carboxylic acids is 1. The fourth-order valence-corrected chi connectivity index (χ4v) is 12.4. The number of esters is 1. The van der Waals surface area contributed by atoms with E-state index < -0.39 is 52.8 Å². The highest BCUT2D eigenvalue weighted by Crippen LogP contribution is 2.72. The number of hydrogen-bond acceptors (Lipinski definition) is 9. The number of ether oxygens (including phenoxy) is 2. The maximum Gasteiger partial charge on any atom is 0.343 e. The standard InChI is InChI=1S/C49H58O10/c1-23(2)24(3)9-10-25(4)35-21-32-42(45(55)56)41(31-19-28-18-29(50)11-13-47(28,6)34-12-14-48(35,7)43(32)40(31)34)37-16-27-17-38(53)49(8,44(54)33(27)22-58-37)59-46(57)39-26(5)15-30(51)20-36(39)52/h9-10,15-17,19-20,22-25,29,31-32,34-35,41-42,50-52H,11-14,18,21H2,1-8H3,(H,55,56)/b10-9+/t24-,25+,29-,31+,32+,34?,35?,41-,42?,47-,48+,49+/m0/s1. The normalized spacial score (nSPS) is 37.0. The molecule has 12 atom stereocenters. The summed E-state index contributed by atoms with van der Waals surface area (Å²) in [5.74, 6) is -4.61. The van der Waals surface area contributed by atoms with Gasteiger partial charge in [-0.2, -0.15) is 0 Å². The van der Waals surface area contributed by atoms with E-state index in [9.17, 15) is 39.6 Å². The summed E-state index contributed by atoms with van der Waals surface area (Å²) in [5.41, 5.74) is 1.35. The number of carbonyl (C=O) groups is 4. The summed E-state index contributed by atoms with van der Waals surface area (Å²) in [4.78, 5) is 55.2. The lowest BCUT2D eigenvalue weighted by Crippen LogP contribution is -2.52. The molecule has 4 N–H and O–H groups in total. The lowest BCUT2D eigenvalue weighted by molar-refractivity contribution is -0.147. The van der Waals surface area contributed by atoms with E-state index in [0.29, 0.717) is 24.0 Å². The van der Waals surface area contributed by atoms with Crippen molar-refractivity contribution in [2.45, 2.75) is 106 Å². The van der Waals surface area contributed by atoms with Crippen molar-refractivity contribution in [1.29, 1.82) is 0 Å². The van der Waals surface area contributed by atoms with Gasteiger partial charge in [-0.25, -0.2) is 4.79 Å². The molecule has 2 saturated carbocycles. The second-order valence-electron chi connectivity index (χ2n) is 19.7. The molecule has 0 aromatic heterocycles. The number of benzene rings is 1. The molecule has 10 heteroatoms. The third kappa shape index (κ3) is 6.21. The molecule has 1 aromatic rings. The van der Waals surface area contributed by atoms with Gasteiger partial charge < -0.3 is 29.9 Å². The third-order valence-electron chi connectivity index (χ3n) is 16.0. The second kappa shape index (κ2) is 14.2. The summed E-state index contributed by atoms with van der Waals surface area (Å²) in [5, 5.41) is 42.6. The van der Waals surface area contributed by atoms with Crippen LogP contribution in [0.2, 0.25) is 0 Å². The fourth-order valence-electron chi connectivity index (χ4n) is 12.4. The van der Waals surface area contributed by atoms with E-state index in [0.717, 1.165) is 38.2 Å². The molecule has 3 unspecified atom stereocenters. The number of aliphatic hydroxyl groups excluding tert-OH is 1. The first kappa shape index (κ1) is 41.1. The summed E-state index contributed by atoms with van der Waals surface area (Å²) in [6.45, 7) is 16.4. The molecule has 2 fully saturated rings. The average Bonchev–Trinajstić information content (AvgIpc) is 3.47. The zero-order valence-electron chi connectivity index (χ0n) is 35.4. The molecule has 0 amide bonds. The Bertz CT molecular complexity index is 2210. The van der Waals surface area contributed by atoms with Gasteiger partial charge >= 0.3 is 11.9 Å². The third-order valence-corrected chi connectivity index (χ3v) is 16.0. The Morgan fingerprint density at radius 2 is 1.69 bits per heavy atom. The summed E-state index contributed by atoms with van der Waals surface area (Å²) in [6.07, 6.45) is 15.4. The van der Waals surface area contributed by atoms with Crippen molar-refractivity contribution in [3.8, 4) is 11.5 Å². The number of aryl methyl sites for hydroxylation is 1. The minimum atomic E-state index is -2.27.